The van der Waals surface area contributed by atoms with E-state index in [9.17, 15) is 13.2 Å². The maximum atomic E-state index is 13.0. The Morgan fingerprint density at radius 3 is 2.26 bits per heavy atom. The van der Waals surface area contributed by atoms with E-state index in [1.165, 1.54) is 9.21 Å². The quantitative estimate of drug-likeness (QED) is 0.731. The number of aryl methyl sites for hydroxylation is 2. The average molecular weight is 409 g/mol. The highest BCUT2D eigenvalue weighted by atomic mass is 35.5. The lowest BCUT2D eigenvalue weighted by Crippen LogP contribution is -2.48. The summed E-state index contributed by atoms with van der Waals surface area (Å²) in [5.74, 6) is -0.281. The van der Waals surface area contributed by atoms with E-state index in [0.29, 0.717) is 17.3 Å². The van der Waals surface area contributed by atoms with E-state index < -0.39 is 16.1 Å². The number of carbonyl (C=O) groups is 1. The summed E-state index contributed by atoms with van der Waals surface area (Å²) in [6, 6.07) is 11.9. The van der Waals surface area contributed by atoms with E-state index in [0.717, 1.165) is 22.9 Å². The average Bonchev–Trinajstić information content (AvgIpc) is 2.58. The Bertz CT molecular complexity index is 927. The maximum absolute atomic E-state index is 13.0. The number of hydrogen-bond donors (Lipinski definition) is 0. The van der Waals surface area contributed by atoms with Gasteiger partial charge in [-0.3, -0.25) is 9.10 Å². The first-order chi connectivity index (χ1) is 12.5. The minimum absolute atomic E-state index is 0.281. The minimum atomic E-state index is -3.65. The van der Waals surface area contributed by atoms with Crippen LogP contribution in [0.25, 0.3) is 0 Å². The summed E-state index contributed by atoms with van der Waals surface area (Å²) in [5, 5.41) is 0.624. The lowest BCUT2D eigenvalue weighted by molar-refractivity contribution is -0.131. The molecule has 0 unspecified atom stereocenters. The molecule has 0 saturated carbocycles. The second-order valence-electron chi connectivity index (χ2n) is 6.85. The van der Waals surface area contributed by atoms with Crippen LogP contribution < -0.4 is 4.31 Å². The number of amides is 1. The molecule has 0 aliphatic heterocycles. The van der Waals surface area contributed by atoms with Crippen LogP contribution in [-0.2, 0) is 21.4 Å². The molecular formula is C20H25ClN2O3S. The fourth-order valence-electron chi connectivity index (χ4n) is 2.99. The summed E-state index contributed by atoms with van der Waals surface area (Å²) < 4.78 is 26.2. The molecule has 2 aromatic carbocycles. The van der Waals surface area contributed by atoms with Gasteiger partial charge in [-0.25, -0.2) is 8.42 Å². The first-order valence-electron chi connectivity index (χ1n) is 8.57. The lowest BCUT2D eigenvalue weighted by Gasteiger charge is -2.32. The van der Waals surface area contributed by atoms with E-state index in [1.54, 1.807) is 32.2 Å². The number of halogens is 1. The standard InChI is InChI=1S/C20H25ClN2O3S/c1-14-6-7-15(2)19(12-14)23(27(5,25)26)16(3)20(24)22(4)13-17-8-10-18(21)11-9-17/h6-12,16H,13H2,1-5H3/t16-/m0/s1. The third kappa shape index (κ3) is 5.23. The van der Waals surface area contributed by atoms with Gasteiger partial charge in [-0.15, -0.1) is 0 Å². The molecule has 2 rings (SSSR count). The molecule has 0 fully saturated rings. The number of nitrogens with zero attached hydrogens (tertiary/aromatic N) is 2. The van der Waals surface area contributed by atoms with Crippen molar-refractivity contribution in [1.29, 1.82) is 0 Å². The Morgan fingerprint density at radius 1 is 1.11 bits per heavy atom. The molecule has 0 heterocycles. The fraction of sp³-hybridized carbons (Fsp3) is 0.350. The van der Waals surface area contributed by atoms with Crippen molar-refractivity contribution in [2.24, 2.45) is 0 Å². The second kappa shape index (κ2) is 8.31. The number of anilines is 1. The van der Waals surface area contributed by atoms with E-state index in [-0.39, 0.29) is 5.91 Å². The van der Waals surface area contributed by atoms with Crippen molar-refractivity contribution in [1.82, 2.24) is 4.90 Å². The van der Waals surface area contributed by atoms with Crippen LogP contribution in [0.15, 0.2) is 42.5 Å². The van der Waals surface area contributed by atoms with E-state index in [2.05, 4.69) is 0 Å². The minimum Gasteiger partial charge on any atom is -0.340 e. The topological polar surface area (TPSA) is 57.7 Å². The molecule has 0 N–H and O–H groups in total. The SMILES string of the molecule is Cc1ccc(C)c(N([C@@H](C)C(=O)N(C)Cc2ccc(Cl)cc2)S(C)(=O)=O)c1. The van der Waals surface area contributed by atoms with Gasteiger partial charge >= 0.3 is 0 Å². The van der Waals surface area contributed by atoms with Gasteiger partial charge in [0.1, 0.15) is 6.04 Å². The molecule has 1 atom stereocenters. The van der Waals surface area contributed by atoms with Crippen molar-refractivity contribution >= 4 is 33.2 Å². The summed E-state index contributed by atoms with van der Waals surface area (Å²) in [4.78, 5) is 14.5. The van der Waals surface area contributed by atoms with Gasteiger partial charge in [0, 0.05) is 18.6 Å². The van der Waals surface area contributed by atoms with Crippen LogP contribution in [0.5, 0.6) is 0 Å². The Labute approximate surface area is 166 Å². The Kier molecular flexibility index (Phi) is 6.54. The number of hydrogen-bond acceptors (Lipinski definition) is 3. The van der Waals surface area contributed by atoms with Crippen LogP contribution in [0.4, 0.5) is 5.69 Å². The Balaban J connectivity index is 2.31. The van der Waals surface area contributed by atoms with Crippen LogP contribution >= 0.6 is 11.6 Å². The highest BCUT2D eigenvalue weighted by Gasteiger charge is 2.31. The molecule has 0 radical (unpaired) electrons. The number of benzene rings is 2. The number of carbonyl (C=O) groups excluding carboxylic acids is 1. The van der Waals surface area contributed by atoms with Crippen molar-refractivity contribution in [2.45, 2.75) is 33.4 Å². The van der Waals surface area contributed by atoms with Gasteiger partial charge in [-0.05, 0) is 55.7 Å². The number of likely N-dealkylation sites (N-methyl/N-ethyl adjacent to an activating group) is 1. The molecule has 1 amide bonds. The van der Waals surface area contributed by atoms with Gasteiger partial charge in [0.2, 0.25) is 15.9 Å². The van der Waals surface area contributed by atoms with Crippen LogP contribution in [-0.4, -0.2) is 38.6 Å². The molecule has 0 saturated heterocycles. The molecule has 0 aromatic heterocycles. The lowest BCUT2D eigenvalue weighted by atomic mass is 10.1. The molecule has 0 bridgehead atoms. The van der Waals surface area contributed by atoms with Crippen molar-refractivity contribution in [2.75, 3.05) is 17.6 Å². The molecule has 146 valence electrons. The Hall–Kier alpha value is -2.05. The summed E-state index contributed by atoms with van der Waals surface area (Å²) >= 11 is 5.89. The summed E-state index contributed by atoms with van der Waals surface area (Å²) in [7, 11) is -1.98. The zero-order chi connectivity index (χ0) is 20.4. The molecule has 0 aliphatic rings. The van der Waals surface area contributed by atoms with Crippen LogP contribution in [0.3, 0.4) is 0 Å². The number of rotatable bonds is 6. The summed E-state index contributed by atoms with van der Waals surface area (Å²) in [6.45, 7) is 5.71. The fourth-order valence-corrected chi connectivity index (χ4v) is 4.34. The van der Waals surface area contributed by atoms with Crippen molar-refractivity contribution in [3.63, 3.8) is 0 Å². The third-order valence-corrected chi connectivity index (χ3v) is 5.86. The van der Waals surface area contributed by atoms with Crippen molar-refractivity contribution in [3.05, 3.63) is 64.2 Å². The van der Waals surface area contributed by atoms with Gasteiger partial charge in [0.05, 0.1) is 11.9 Å². The Morgan fingerprint density at radius 2 is 1.70 bits per heavy atom. The van der Waals surface area contributed by atoms with Crippen molar-refractivity contribution < 1.29 is 13.2 Å². The van der Waals surface area contributed by atoms with Crippen LogP contribution in [0.1, 0.15) is 23.6 Å². The smallest absolute Gasteiger partial charge is 0.246 e. The van der Waals surface area contributed by atoms with Crippen LogP contribution in [0.2, 0.25) is 5.02 Å². The van der Waals surface area contributed by atoms with Gasteiger partial charge in [-0.2, -0.15) is 0 Å². The molecule has 2 aromatic rings. The monoisotopic (exact) mass is 408 g/mol. The highest BCUT2D eigenvalue weighted by Crippen LogP contribution is 2.27. The molecule has 5 nitrogen and oxygen atoms in total. The normalized spacial score (nSPS) is 12.5. The zero-order valence-corrected chi connectivity index (χ0v) is 17.8. The highest BCUT2D eigenvalue weighted by molar-refractivity contribution is 7.92. The first kappa shape index (κ1) is 21.3. The summed E-state index contributed by atoms with van der Waals surface area (Å²) in [5.41, 5.74) is 3.17. The zero-order valence-electron chi connectivity index (χ0n) is 16.2. The largest absolute Gasteiger partial charge is 0.340 e. The molecule has 0 aliphatic carbocycles. The van der Waals surface area contributed by atoms with Crippen LogP contribution in [0, 0.1) is 13.8 Å². The molecule has 27 heavy (non-hydrogen) atoms. The van der Waals surface area contributed by atoms with Gasteiger partial charge in [-0.1, -0.05) is 35.9 Å². The van der Waals surface area contributed by atoms with Gasteiger partial charge in [0.15, 0.2) is 0 Å². The molecule has 0 spiro atoms. The summed E-state index contributed by atoms with van der Waals surface area (Å²) in [6.07, 6.45) is 1.12. The third-order valence-electron chi connectivity index (χ3n) is 4.38. The van der Waals surface area contributed by atoms with Gasteiger partial charge < -0.3 is 4.90 Å². The molecule has 7 heteroatoms. The van der Waals surface area contributed by atoms with Crippen molar-refractivity contribution in [3.8, 4) is 0 Å². The predicted molar refractivity (Wildman–Crippen MR) is 111 cm³/mol. The molecular weight excluding hydrogens is 384 g/mol. The first-order valence-corrected chi connectivity index (χ1v) is 10.8. The van der Waals surface area contributed by atoms with E-state index in [4.69, 9.17) is 11.6 Å². The van der Waals surface area contributed by atoms with E-state index in [1.807, 2.05) is 38.1 Å². The van der Waals surface area contributed by atoms with Gasteiger partial charge in [0.25, 0.3) is 0 Å². The number of sulfonamides is 1. The second-order valence-corrected chi connectivity index (χ2v) is 9.14. The van der Waals surface area contributed by atoms with E-state index >= 15 is 0 Å². The predicted octanol–water partition coefficient (Wildman–Crippen LogP) is 3.77. The maximum Gasteiger partial charge on any atom is 0.246 e.